The summed E-state index contributed by atoms with van der Waals surface area (Å²) in [5, 5.41) is 3.40. The molecule has 1 aromatic rings. The number of morpholine rings is 1. The number of likely N-dealkylation sites (N-methyl/N-ethyl adjacent to an activating group) is 1. The van der Waals surface area contributed by atoms with Gasteiger partial charge in [-0.25, -0.2) is 0 Å². The maximum Gasteiger partial charge on any atom is 0.0826 e. The molecule has 1 atom stereocenters. The smallest absolute Gasteiger partial charge is 0.0826 e. The quantitative estimate of drug-likeness (QED) is 0.838. The predicted octanol–water partition coefficient (Wildman–Crippen LogP) is 0.810. The number of hydrogen-bond acceptors (Lipinski definition) is 4. The first kappa shape index (κ1) is 12.5. The molecule has 94 valence electrons. The molecule has 0 bridgehead atoms. The Kier molecular flexibility index (Phi) is 4.48. The molecule has 4 heteroatoms. The standard InChI is InChI=1S/C13H21N3O/c1-11-4-3-5-12(15-11)8-14-9-13-10-16(2)6-7-17-13/h3-5,13-14H,6-10H2,1-2H3. The lowest BCUT2D eigenvalue weighted by atomic mass is 10.2. The number of hydrogen-bond donors (Lipinski definition) is 1. The van der Waals surface area contributed by atoms with Crippen molar-refractivity contribution in [3.05, 3.63) is 29.6 Å². The summed E-state index contributed by atoms with van der Waals surface area (Å²) in [6.07, 6.45) is 0.304. The van der Waals surface area contributed by atoms with Gasteiger partial charge in [-0.15, -0.1) is 0 Å². The molecule has 1 N–H and O–H groups in total. The highest BCUT2D eigenvalue weighted by Gasteiger charge is 2.16. The van der Waals surface area contributed by atoms with E-state index in [0.29, 0.717) is 6.10 Å². The second kappa shape index (κ2) is 6.10. The first-order valence-corrected chi connectivity index (χ1v) is 6.17. The molecule has 17 heavy (non-hydrogen) atoms. The molecule has 4 nitrogen and oxygen atoms in total. The molecule has 0 spiro atoms. The second-order valence-electron chi connectivity index (χ2n) is 4.66. The van der Waals surface area contributed by atoms with Gasteiger partial charge in [0, 0.05) is 31.9 Å². The monoisotopic (exact) mass is 235 g/mol. The molecule has 0 amide bonds. The summed E-state index contributed by atoms with van der Waals surface area (Å²) in [5.41, 5.74) is 2.16. The lowest BCUT2D eigenvalue weighted by Gasteiger charge is -2.30. The Bertz CT molecular complexity index is 356. The van der Waals surface area contributed by atoms with Gasteiger partial charge < -0.3 is 15.0 Å². The number of aromatic nitrogens is 1. The Morgan fingerprint density at radius 3 is 3.18 bits per heavy atom. The van der Waals surface area contributed by atoms with E-state index in [1.807, 2.05) is 25.1 Å². The summed E-state index contributed by atoms with van der Waals surface area (Å²) in [7, 11) is 2.14. The maximum absolute atomic E-state index is 5.69. The number of ether oxygens (including phenoxy) is 1. The van der Waals surface area contributed by atoms with E-state index in [1.165, 1.54) is 0 Å². The van der Waals surface area contributed by atoms with E-state index in [1.54, 1.807) is 0 Å². The lowest BCUT2D eigenvalue weighted by molar-refractivity contribution is -0.0182. The molecular weight excluding hydrogens is 214 g/mol. The van der Waals surface area contributed by atoms with E-state index < -0.39 is 0 Å². The van der Waals surface area contributed by atoms with Crippen LogP contribution in [0.3, 0.4) is 0 Å². The first-order valence-electron chi connectivity index (χ1n) is 6.17. The molecule has 1 aliphatic rings. The highest BCUT2D eigenvalue weighted by molar-refractivity contribution is 5.09. The number of rotatable bonds is 4. The van der Waals surface area contributed by atoms with Crippen molar-refractivity contribution < 1.29 is 4.74 Å². The normalized spacial score (nSPS) is 21.6. The minimum Gasteiger partial charge on any atom is -0.374 e. The molecule has 0 aliphatic carbocycles. The summed E-state index contributed by atoms with van der Waals surface area (Å²) in [6, 6.07) is 6.11. The summed E-state index contributed by atoms with van der Waals surface area (Å²) in [5.74, 6) is 0. The van der Waals surface area contributed by atoms with E-state index in [2.05, 4.69) is 22.2 Å². The lowest BCUT2D eigenvalue weighted by Crippen LogP contribution is -2.44. The van der Waals surface area contributed by atoms with E-state index in [0.717, 1.165) is 44.2 Å². The largest absolute Gasteiger partial charge is 0.374 e. The molecule has 0 aromatic carbocycles. The number of nitrogens with one attached hydrogen (secondary N) is 1. The predicted molar refractivity (Wildman–Crippen MR) is 67.9 cm³/mol. The van der Waals surface area contributed by atoms with E-state index in [9.17, 15) is 0 Å². The number of aryl methyl sites for hydroxylation is 1. The van der Waals surface area contributed by atoms with Crippen molar-refractivity contribution in [1.82, 2.24) is 15.2 Å². The molecular formula is C13H21N3O. The summed E-state index contributed by atoms with van der Waals surface area (Å²) >= 11 is 0. The van der Waals surface area contributed by atoms with Gasteiger partial charge in [-0.3, -0.25) is 4.98 Å². The van der Waals surface area contributed by atoms with Crippen molar-refractivity contribution >= 4 is 0 Å². The van der Waals surface area contributed by atoms with Crippen LogP contribution in [0.1, 0.15) is 11.4 Å². The van der Waals surface area contributed by atoms with Gasteiger partial charge in [0.15, 0.2) is 0 Å². The highest BCUT2D eigenvalue weighted by atomic mass is 16.5. The third-order valence-electron chi connectivity index (χ3n) is 2.97. The summed E-state index contributed by atoms with van der Waals surface area (Å²) in [4.78, 5) is 6.76. The SMILES string of the molecule is Cc1cccc(CNCC2CN(C)CCO2)n1. The highest BCUT2D eigenvalue weighted by Crippen LogP contribution is 2.02. The average molecular weight is 235 g/mol. The van der Waals surface area contributed by atoms with Crippen LogP contribution in [0, 0.1) is 6.92 Å². The van der Waals surface area contributed by atoms with E-state index >= 15 is 0 Å². The van der Waals surface area contributed by atoms with Crippen LogP contribution in [0.25, 0.3) is 0 Å². The van der Waals surface area contributed by atoms with Crippen molar-refractivity contribution in [2.45, 2.75) is 19.6 Å². The molecule has 0 saturated carbocycles. The summed E-state index contributed by atoms with van der Waals surface area (Å²) in [6.45, 7) is 6.60. The van der Waals surface area contributed by atoms with Crippen LogP contribution in [-0.2, 0) is 11.3 Å². The minimum atomic E-state index is 0.304. The molecule has 0 radical (unpaired) electrons. The fourth-order valence-corrected chi connectivity index (χ4v) is 2.05. The molecule has 1 aromatic heterocycles. The van der Waals surface area contributed by atoms with Crippen molar-refractivity contribution in [2.24, 2.45) is 0 Å². The van der Waals surface area contributed by atoms with Crippen LogP contribution in [-0.4, -0.2) is 49.3 Å². The van der Waals surface area contributed by atoms with Crippen LogP contribution in [0.15, 0.2) is 18.2 Å². The third-order valence-corrected chi connectivity index (χ3v) is 2.97. The Morgan fingerprint density at radius 2 is 2.41 bits per heavy atom. The van der Waals surface area contributed by atoms with E-state index in [4.69, 9.17) is 4.74 Å². The Balaban J connectivity index is 1.72. The van der Waals surface area contributed by atoms with Gasteiger partial charge >= 0.3 is 0 Å². The van der Waals surface area contributed by atoms with Gasteiger partial charge in [-0.2, -0.15) is 0 Å². The van der Waals surface area contributed by atoms with Crippen LogP contribution in [0.2, 0.25) is 0 Å². The van der Waals surface area contributed by atoms with Crippen molar-refractivity contribution in [3.63, 3.8) is 0 Å². The molecule has 1 fully saturated rings. The van der Waals surface area contributed by atoms with Gasteiger partial charge in [0.05, 0.1) is 18.4 Å². The van der Waals surface area contributed by atoms with Gasteiger partial charge in [0.25, 0.3) is 0 Å². The molecule has 2 rings (SSSR count). The molecule has 2 heterocycles. The van der Waals surface area contributed by atoms with Crippen LogP contribution >= 0.6 is 0 Å². The number of pyridine rings is 1. The zero-order chi connectivity index (χ0) is 12.1. The van der Waals surface area contributed by atoms with Gasteiger partial charge in [-0.05, 0) is 26.1 Å². The van der Waals surface area contributed by atoms with Crippen LogP contribution < -0.4 is 5.32 Å². The molecule has 1 aliphatic heterocycles. The Morgan fingerprint density at radius 1 is 1.53 bits per heavy atom. The maximum atomic E-state index is 5.69. The average Bonchev–Trinajstić information content (AvgIpc) is 2.29. The zero-order valence-electron chi connectivity index (χ0n) is 10.6. The second-order valence-corrected chi connectivity index (χ2v) is 4.66. The Hall–Kier alpha value is -0.970. The van der Waals surface area contributed by atoms with Crippen LogP contribution in [0.4, 0.5) is 0 Å². The molecule has 1 unspecified atom stereocenters. The third kappa shape index (κ3) is 4.07. The summed E-state index contributed by atoms with van der Waals surface area (Å²) < 4.78 is 5.69. The van der Waals surface area contributed by atoms with E-state index in [-0.39, 0.29) is 0 Å². The van der Waals surface area contributed by atoms with Gasteiger partial charge in [0.1, 0.15) is 0 Å². The number of nitrogens with zero attached hydrogens (tertiary/aromatic N) is 2. The first-order chi connectivity index (χ1) is 8.24. The fourth-order valence-electron chi connectivity index (χ4n) is 2.05. The van der Waals surface area contributed by atoms with Crippen molar-refractivity contribution in [2.75, 3.05) is 33.3 Å². The van der Waals surface area contributed by atoms with Crippen molar-refractivity contribution in [3.8, 4) is 0 Å². The molecule has 1 saturated heterocycles. The zero-order valence-corrected chi connectivity index (χ0v) is 10.6. The Labute approximate surface area is 103 Å². The minimum absolute atomic E-state index is 0.304. The van der Waals surface area contributed by atoms with Crippen LogP contribution in [0.5, 0.6) is 0 Å². The van der Waals surface area contributed by atoms with Gasteiger partial charge in [-0.1, -0.05) is 6.07 Å². The fraction of sp³-hybridized carbons (Fsp3) is 0.615. The topological polar surface area (TPSA) is 37.4 Å². The van der Waals surface area contributed by atoms with Gasteiger partial charge in [0.2, 0.25) is 0 Å². The van der Waals surface area contributed by atoms with Crippen molar-refractivity contribution in [1.29, 1.82) is 0 Å².